The van der Waals surface area contributed by atoms with Gasteiger partial charge in [-0.25, -0.2) is 24.9 Å². The van der Waals surface area contributed by atoms with Crippen molar-refractivity contribution in [3.8, 4) is 11.4 Å². The van der Waals surface area contributed by atoms with Gasteiger partial charge in [0.15, 0.2) is 23.8 Å². The van der Waals surface area contributed by atoms with Crippen molar-refractivity contribution in [3.63, 3.8) is 0 Å². The standard InChI is InChI=1S/C27H30F3N7OS/c1-15-22(24(19-8-9-19)33-14-32-15)25-34-16(2)23(26(36-25)37(4)17(3)27(28,29)30)35-21(13-38)31-12-18-6-10-20(39-5)11-7-18/h6-7,10-11,13-14,17,19H,8-9,12H2,1-5H3,(H,31,35). The van der Waals surface area contributed by atoms with Crippen molar-refractivity contribution in [2.75, 3.05) is 18.2 Å². The van der Waals surface area contributed by atoms with E-state index in [1.54, 1.807) is 25.6 Å². The summed E-state index contributed by atoms with van der Waals surface area (Å²) in [6.45, 7) is 4.79. The Labute approximate surface area is 229 Å². The van der Waals surface area contributed by atoms with Crippen LogP contribution in [0, 0.1) is 13.8 Å². The molecule has 1 unspecified atom stereocenters. The normalized spacial score (nSPS) is 14.7. The minimum Gasteiger partial charge on any atom is -0.363 e. The number of carbonyl (C=O) groups is 1. The molecule has 0 bridgehead atoms. The van der Waals surface area contributed by atoms with E-state index in [0.29, 0.717) is 29.8 Å². The van der Waals surface area contributed by atoms with E-state index >= 15 is 0 Å². The first-order valence-corrected chi connectivity index (χ1v) is 13.7. The SMILES string of the molecule is CSc1ccc(CN/C(C=O)=N/c2c(C)nc(-c3c(C)ncnc3C3CC3)nc2N(C)C(C)C(F)(F)F)cc1. The second kappa shape index (κ2) is 11.7. The van der Waals surface area contributed by atoms with E-state index in [1.807, 2.05) is 30.5 Å². The van der Waals surface area contributed by atoms with Crippen LogP contribution in [-0.4, -0.2) is 57.6 Å². The summed E-state index contributed by atoms with van der Waals surface area (Å²) in [5.74, 6) is 0.389. The fourth-order valence-electron chi connectivity index (χ4n) is 4.04. The van der Waals surface area contributed by atoms with Crippen LogP contribution in [-0.2, 0) is 11.3 Å². The Balaban J connectivity index is 1.78. The summed E-state index contributed by atoms with van der Waals surface area (Å²) >= 11 is 1.62. The first-order chi connectivity index (χ1) is 18.5. The van der Waals surface area contributed by atoms with Crippen LogP contribution in [0.5, 0.6) is 0 Å². The first kappa shape index (κ1) is 28.5. The predicted octanol–water partition coefficient (Wildman–Crippen LogP) is 5.56. The Morgan fingerprint density at radius 2 is 1.87 bits per heavy atom. The van der Waals surface area contributed by atoms with Crippen LogP contribution in [0.4, 0.5) is 24.7 Å². The van der Waals surface area contributed by atoms with Crippen molar-refractivity contribution in [2.45, 2.75) is 63.2 Å². The maximum absolute atomic E-state index is 13.8. The number of rotatable bonds is 9. The predicted molar refractivity (Wildman–Crippen MR) is 147 cm³/mol. The third-order valence-electron chi connectivity index (χ3n) is 6.66. The molecule has 1 fully saturated rings. The van der Waals surface area contributed by atoms with Crippen molar-refractivity contribution in [1.29, 1.82) is 0 Å². The Morgan fingerprint density at radius 3 is 2.46 bits per heavy atom. The zero-order valence-corrected chi connectivity index (χ0v) is 23.2. The average molecular weight is 558 g/mol. The molecule has 0 saturated heterocycles. The molecule has 0 amide bonds. The molecule has 0 aliphatic heterocycles. The first-order valence-electron chi connectivity index (χ1n) is 12.4. The van der Waals surface area contributed by atoms with Crippen LogP contribution < -0.4 is 10.2 Å². The lowest BCUT2D eigenvalue weighted by Crippen LogP contribution is -2.41. The molecular formula is C27H30F3N7OS. The molecule has 1 saturated carbocycles. The monoisotopic (exact) mass is 557 g/mol. The van der Waals surface area contributed by atoms with E-state index < -0.39 is 12.2 Å². The van der Waals surface area contributed by atoms with Gasteiger partial charge in [-0.15, -0.1) is 11.8 Å². The van der Waals surface area contributed by atoms with Crippen molar-refractivity contribution in [1.82, 2.24) is 25.3 Å². The molecule has 0 spiro atoms. The van der Waals surface area contributed by atoms with Gasteiger partial charge in [-0.3, -0.25) is 4.79 Å². The van der Waals surface area contributed by atoms with Crippen LogP contribution in [0.3, 0.4) is 0 Å². The van der Waals surface area contributed by atoms with E-state index in [-0.39, 0.29) is 29.1 Å². The zero-order valence-electron chi connectivity index (χ0n) is 22.4. The second-order valence-electron chi connectivity index (χ2n) is 9.44. The molecule has 1 atom stereocenters. The number of carbonyl (C=O) groups excluding carboxylic acids is 1. The minimum atomic E-state index is -4.52. The Hall–Kier alpha value is -3.54. The summed E-state index contributed by atoms with van der Waals surface area (Å²) in [6, 6.07) is 5.92. The number of halogens is 3. The van der Waals surface area contributed by atoms with Crippen LogP contribution in [0.2, 0.25) is 0 Å². The number of aromatic nitrogens is 4. The Bertz CT molecular complexity index is 1380. The summed E-state index contributed by atoms with van der Waals surface area (Å²) < 4.78 is 41.3. The fraction of sp³-hybridized carbons (Fsp3) is 0.407. The average Bonchev–Trinajstić information content (AvgIpc) is 3.76. The number of nitrogens with zero attached hydrogens (tertiary/aromatic N) is 6. The number of aryl methyl sites for hydroxylation is 2. The van der Waals surface area contributed by atoms with Crippen LogP contribution in [0.15, 0.2) is 40.5 Å². The van der Waals surface area contributed by atoms with Gasteiger partial charge in [0.2, 0.25) is 0 Å². The van der Waals surface area contributed by atoms with E-state index in [4.69, 9.17) is 0 Å². The second-order valence-corrected chi connectivity index (χ2v) is 10.3. The lowest BCUT2D eigenvalue weighted by Gasteiger charge is -2.29. The van der Waals surface area contributed by atoms with Crippen LogP contribution >= 0.6 is 11.8 Å². The van der Waals surface area contributed by atoms with Crippen molar-refractivity contribution in [3.05, 3.63) is 53.2 Å². The number of amidine groups is 1. The largest absolute Gasteiger partial charge is 0.408 e. The summed E-state index contributed by atoms with van der Waals surface area (Å²) in [4.78, 5) is 36.4. The summed E-state index contributed by atoms with van der Waals surface area (Å²) in [6.07, 6.45) is 1.41. The number of aldehydes is 1. The molecule has 0 radical (unpaired) electrons. The summed E-state index contributed by atoms with van der Waals surface area (Å²) in [7, 11) is 1.31. The molecule has 1 N–H and O–H groups in total. The molecular weight excluding hydrogens is 527 g/mol. The molecule has 2 aromatic heterocycles. The third kappa shape index (κ3) is 6.55. The zero-order chi connectivity index (χ0) is 28.3. The molecule has 2 heterocycles. The quantitative estimate of drug-likeness (QED) is 0.158. The number of anilines is 1. The number of hydrogen-bond donors (Lipinski definition) is 1. The van der Waals surface area contributed by atoms with Gasteiger partial charge in [0.25, 0.3) is 0 Å². The molecule has 3 aromatic rings. The molecule has 1 aliphatic carbocycles. The van der Waals surface area contributed by atoms with Gasteiger partial charge in [0.1, 0.15) is 18.1 Å². The van der Waals surface area contributed by atoms with Crippen LogP contribution in [0.25, 0.3) is 11.4 Å². The highest BCUT2D eigenvalue weighted by atomic mass is 32.2. The summed E-state index contributed by atoms with van der Waals surface area (Å²) in [5.41, 5.74) is 3.37. The van der Waals surface area contributed by atoms with Gasteiger partial charge in [-0.05, 0) is 57.6 Å². The molecule has 39 heavy (non-hydrogen) atoms. The number of thioether (sulfide) groups is 1. The van der Waals surface area contributed by atoms with Gasteiger partial charge in [-0.1, -0.05) is 12.1 Å². The Kier molecular flexibility index (Phi) is 8.53. The Morgan fingerprint density at radius 1 is 1.18 bits per heavy atom. The highest BCUT2D eigenvalue weighted by molar-refractivity contribution is 7.98. The van der Waals surface area contributed by atoms with E-state index in [2.05, 4.69) is 30.2 Å². The van der Waals surface area contributed by atoms with Gasteiger partial charge >= 0.3 is 6.18 Å². The van der Waals surface area contributed by atoms with Crippen LogP contribution in [0.1, 0.15) is 48.3 Å². The smallest absolute Gasteiger partial charge is 0.363 e. The highest BCUT2D eigenvalue weighted by Crippen LogP contribution is 2.44. The molecule has 12 heteroatoms. The molecule has 4 rings (SSSR count). The molecule has 1 aromatic carbocycles. The van der Waals surface area contributed by atoms with Gasteiger partial charge < -0.3 is 10.2 Å². The lowest BCUT2D eigenvalue weighted by atomic mass is 10.1. The number of hydrogen-bond acceptors (Lipinski definition) is 8. The van der Waals surface area contributed by atoms with Gasteiger partial charge in [0, 0.05) is 24.4 Å². The third-order valence-corrected chi connectivity index (χ3v) is 7.40. The number of nitrogens with one attached hydrogen (secondary N) is 1. The van der Waals surface area contributed by atoms with Crippen molar-refractivity contribution >= 4 is 35.4 Å². The molecule has 206 valence electrons. The number of benzene rings is 1. The van der Waals surface area contributed by atoms with Crippen molar-refractivity contribution in [2.24, 2.45) is 4.99 Å². The van der Waals surface area contributed by atoms with Gasteiger partial charge in [-0.2, -0.15) is 13.2 Å². The van der Waals surface area contributed by atoms with E-state index in [1.165, 1.54) is 13.4 Å². The van der Waals surface area contributed by atoms with E-state index in [9.17, 15) is 18.0 Å². The lowest BCUT2D eigenvalue weighted by molar-refractivity contribution is -0.144. The number of alkyl halides is 3. The van der Waals surface area contributed by atoms with Crippen molar-refractivity contribution < 1.29 is 18.0 Å². The minimum absolute atomic E-state index is 0.0437. The maximum atomic E-state index is 13.8. The highest BCUT2D eigenvalue weighted by Gasteiger charge is 2.40. The maximum Gasteiger partial charge on any atom is 0.408 e. The fourth-order valence-corrected chi connectivity index (χ4v) is 4.45. The van der Waals surface area contributed by atoms with E-state index in [0.717, 1.165) is 40.8 Å². The summed E-state index contributed by atoms with van der Waals surface area (Å²) in [5, 5.41) is 2.97. The number of aliphatic imine (C=N–C) groups is 1. The topological polar surface area (TPSA) is 96.3 Å². The molecule has 8 nitrogen and oxygen atoms in total. The molecule has 1 aliphatic rings. The van der Waals surface area contributed by atoms with Gasteiger partial charge in [0.05, 0.1) is 22.6 Å².